The van der Waals surface area contributed by atoms with Gasteiger partial charge in [0, 0.05) is 6.07 Å². The van der Waals surface area contributed by atoms with Gasteiger partial charge in [0.25, 0.3) is 5.95 Å². The van der Waals surface area contributed by atoms with E-state index in [1.807, 2.05) is 0 Å². The molecular formula is C23H32FNO2. The maximum atomic E-state index is 14.0. The Morgan fingerprint density at radius 3 is 2.48 bits per heavy atom. The van der Waals surface area contributed by atoms with Crippen molar-refractivity contribution in [3.05, 3.63) is 29.7 Å². The second-order valence-corrected chi connectivity index (χ2v) is 8.90. The van der Waals surface area contributed by atoms with Gasteiger partial charge in [0.1, 0.15) is 6.61 Å². The van der Waals surface area contributed by atoms with Gasteiger partial charge in [0.15, 0.2) is 5.75 Å². The Balaban J connectivity index is 1.23. The fourth-order valence-electron chi connectivity index (χ4n) is 4.48. The molecule has 27 heavy (non-hydrogen) atoms. The van der Waals surface area contributed by atoms with Crippen LogP contribution in [-0.4, -0.2) is 18.2 Å². The third-order valence-corrected chi connectivity index (χ3v) is 6.64. The quantitative estimate of drug-likeness (QED) is 0.438. The zero-order valence-electron chi connectivity index (χ0n) is 16.5. The molecule has 0 saturated heterocycles. The van der Waals surface area contributed by atoms with Crippen molar-refractivity contribution in [2.75, 3.05) is 13.2 Å². The number of halogens is 1. The molecule has 148 valence electrons. The van der Waals surface area contributed by atoms with E-state index in [1.54, 1.807) is 12.1 Å². The normalized spacial score (nSPS) is 28.5. The molecule has 3 aliphatic rings. The summed E-state index contributed by atoms with van der Waals surface area (Å²) in [5.74, 6) is 3.28. The molecule has 1 unspecified atom stereocenters. The first-order chi connectivity index (χ1) is 13.2. The maximum Gasteiger partial charge on any atom is 0.258 e. The van der Waals surface area contributed by atoms with E-state index in [4.69, 9.17) is 9.47 Å². The lowest BCUT2D eigenvalue weighted by Crippen LogP contribution is -2.23. The predicted octanol–water partition coefficient (Wildman–Crippen LogP) is 5.94. The van der Waals surface area contributed by atoms with Gasteiger partial charge in [-0.2, -0.15) is 9.37 Å². The second-order valence-electron chi connectivity index (χ2n) is 8.90. The average Bonchev–Trinajstić information content (AvgIpc) is 3.51. The summed E-state index contributed by atoms with van der Waals surface area (Å²) in [5.41, 5.74) is 1.33. The lowest BCUT2D eigenvalue weighted by atomic mass is 9.72. The minimum Gasteiger partial charge on any atom is -0.488 e. The molecule has 0 aromatic carbocycles. The minimum atomic E-state index is -0.572. The van der Waals surface area contributed by atoms with Crippen molar-refractivity contribution < 1.29 is 13.9 Å². The fraction of sp³-hybridized carbons (Fsp3) is 0.696. The molecule has 4 rings (SSSR count). The topological polar surface area (TPSA) is 31.4 Å². The molecule has 4 heteroatoms. The van der Waals surface area contributed by atoms with Gasteiger partial charge in [-0.25, -0.2) is 0 Å². The van der Waals surface area contributed by atoms with Gasteiger partial charge in [-0.05, 0) is 80.3 Å². The zero-order valence-corrected chi connectivity index (χ0v) is 16.5. The highest BCUT2D eigenvalue weighted by molar-refractivity contribution is 5.25. The lowest BCUT2D eigenvalue weighted by Gasteiger charge is -2.34. The third-order valence-electron chi connectivity index (χ3n) is 6.64. The summed E-state index contributed by atoms with van der Waals surface area (Å²) < 4.78 is 25.3. The van der Waals surface area contributed by atoms with Crippen LogP contribution in [0.4, 0.5) is 4.39 Å². The summed E-state index contributed by atoms with van der Waals surface area (Å²) in [6.07, 6.45) is 13.9. The van der Waals surface area contributed by atoms with Crippen LogP contribution in [0, 0.1) is 29.6 Å². The minimum absolute atomic E-state index is 0.232. The Bertz CT molecular complexity index is 662. The van der Waals surface area contributed by atoms with E-state index in [0.717, 1.165) is 24.2 Å². The summed E-state index contributed by atoms with van der Waals surface area (Å²) in [5, 5.41) is 0. The standard InChI is InChI=1S/C23H32FNO2/c1-16-2-8-19(9-3-16)20-10-6-18(7-11-20)15-27-22-13-12-21(23(24)25-22)26-14-17-4-5-17/h6,12-13,16-17,19-20H,2-5,7-11,14-15H2,1H3. The highest BCUT2D eigenvalue weighted by Gasteiger charge is 2.27. The summed E-state index contributed by atoms with van der Waals surface area (Å²) in [6.45, 7) is 3.49. The Labute approximate surface area is 162 Å². The Morgan fingerprint density at radius 2 is 1.81 bits per heavy atom. The van der Waals surface area contributed by atoms with Crippen molar-refractivity contribution in [3.63, 3.8) is 0 Å². The molecule has 0 aliphatic heterocycles. The Hall–Kier alpha value is -1.58. The number of nitrogens with zero attached hydrogens (tertiary/aromatic N) is 1. The molecule has 0 radical (unpaired) electrons. The fourth-order valence-corrected chi connectivity index (χ4v) is 4.48. The van der Waals surface area contributed by atoms with Crippen molar-refractivity contribution in [2.24, 2.45) is 23.7 Å². The first-order valence-corrected chi connectivity index (χ1v) is 10.8. The van der Waals surface area contributed by atoms with Crippen LogP contribution >= 0.6 is 0 Å². The number of ether oxygens (including phenoxy) is 2. The third kappa shape index (κ3) is 5.24. The lowest BCUT2D eigenvalue weighted by molar-refractivity contribution is 0.197. The summed E-state index contributed by atoms with van der Waals surface area (Å²) in [4.78, 5) is 3.91. The van der Waals surface area contributed by atoms with E-state index in [9.17, 15) is 4.39 Å². The van der Waals surface area contributed by atoms with E-state index < -0.39 is 5.95 Å². The van der Waals surface area contributed by atoms with Crippen LogP contribution < -0.4 is 9.47 Å². The van der Waals surface area contributed by atoms with Crippen molar-refractivity contribution in [2.45, 2.75) is 64.7 Å². The molecule has 1 heterocycles. The number of pyridine rings is 1. The van der Waals surface area contributed by atoms with Gasteiger partial charge in [0.05, 0.1) is 6.61 Å². The molecular weight excluding hydrogens is 341 g/mol. The van der Waals surface area contributed by atoms with Crippen LogP contribution in [0.1, 0.15) is 64.7 Å². The first-order valence-electron chi connectivity index (χ1n) is 10.8. The van der Waals surface area contributed by atoms with Gasteiger partial charge in [0.2, 0.25) is 5.88 Å². The second kappa shape index (κ2) is 8.62. The molecule has 1 aromatic heterocycles. The summed E-state index contributed by atoms with van der Waals surface area (Å²) in [7, 11) is 0. The molecule has 0 bridgehead atoms. The van der Waals surface area contributed by atoms with Crippen molar-refractivity contribution >= 4 is 0 Å². The highest BCUT2D eigenvalue weighted by atomic mass is 19.1. The van der Waals surface area contributed by atoms with Crippen LogP contribution in [0.3, 0.4) is 0 Å². The molecule has 2 saturated carbocycles. The Morgan fingerprint density at radius 1 is 1.00 bits per heavy atom. The molecule has 3 aliphatic carbocycles. The van der Waals surface area contributed by atoms with Crippen LogP contribution in [0.25, 0.3) is 0 Å². The number of hydrogen-bond donors (Lipinski definition) is 0. The van der Waals surface area contributed by atoms with E-state index in [0.29, 0.717) is 25.0 Å². The smallest absolute Gasteiger partial charge is 0.258 e. The highest BCUT2D eigenvalue weighted by Crippen LogP contribution is 2.39. The molecule has 2 fully saturated rings. The van der Waals surface area contributed by atoms with Crippen molar-refractivity contribution in [3.8, 4) is 11.6 Å². The van der Waals surface area contributed by atoms with E-state index in [-0.39, 0.29) is 5.75 Å². The van der Waals surface area contributed by atoms with Crippen molar-refractivity contribution in [1.29, 1.82) is 0 Å². The van der Waals surface area contributed by atoms with Gasteiger partial charge >= 0.3 is 0 Å². The van der Waals surface area contributed by atoms with Crippen molar-refractivity contribution in [1.82, 2.24) is 4.98 Å². The van der Waals surface area contributed by atoms with E-state index in [2.05, 4.69) is 18.0 Å². The van der Waals surface area contributed by atoms with E-state index >= 15 is 0 Å². The summed E-state index contributed by atoms with van der Waals surface area (Å²) in [6, 6.07) is 3.34. The number of hydrogen-bond acceptors (Lipinski definition) is 3. The molecule has 0 spiro atoms. The van der Waals surface area contributed by atoms with Crippen LogP contribution in [-0.2, 0) is 0 Å². The number of aromatic nitrogens is 1. The predicted molar refractivity (Wildman–Crippen MR) is 104 cm³/mol. The molecule has 3 nitrogen and oxygen atoms in total. The first kappa shape index (κ1) is 18.8. The number of rotatable bonds is 7. The van der Waals surface area contributed by atoms with Gasteiger partial charge in [-0.1, -0.05) is 25.8 Å². The maximum absolute atomic E-state index is 14.0. The van der Waals surface area contributed by atoms with Crippen LogP contribution in [0.5, 0.6) is 11.6 Å². The monoisotopic (exact) mass is 373 g/mol. The van der Waals surface area contributed by atoms with Gasteiger partial charge in [-0.3, -0.25) is 0 Å². The van der Waals surface area contributed by atoms with Crippen LogP contribution in [0.2, 0.25) is 0 Å². The molecule has 0 N–H and O–H groups in total. The van der Waals surface area contributed by atoms with Crippen LogP contribution in [0.15, 0.2) is 23.8 Å². The molecule has 0 amide bonds. The van der Waals surface area contributed by atoms with E-state index in [1.165, 1.54) is 56.9 Å². The Kier molecular flexibility index (Phi) is 5.99. The summed E-state index contributed by atoms with van der Waals surface area (Å²) >= 11 is 0. The zero-order chi connectivity index (χ0) is 18.6. The SMILES string of the molecule is CC1CCC(C2CC=C(COc3ccc(OCC4CC4)c(F)n3)CC2)CC1. The molecule has 1 aromatic rings. The average molecular weight is 374 g/mol. The molecule has 1 atom stereocenters. The van der Waals surface area contributed by atoms with Gasteiger partial charge in [-0.15, -0.1) is 0 Å². The number of allylic oxidation sites excluding steroid dienone is 1. The largest absolute Gasteiger partial charge is 0.488 e. The van der Waals surface area contributed by atoms with Gasteiger partial charge < -0.3 is 9.47 Å².